The minimum Gasteiger partial charge on any atom is -0.474 e. The molecule has 3 aromatic rings. The zero-order valence-corrected chi connectivity index (χ0v) is 41.7. The van der Waals surface area contributed by atoms with Gasteiger partial charge in [-0.25, -0.2) is 19.3 Å². The summed E-state index contributed by atoms with van der Waals surface area (Å²) >= 11 is 11.9. The Bertz CT molecular complexity index is 2130. The van der Waals surface area contributed by atoms with Crippen LogP contribution in [-0.2, 0) is 66.6 Å². The van der Waals surface area contributed by atoms with E-state index < -0.39 is 84.6 Å². The summed E-state index contributed by atoms with van der Waals surface area (Å²) in [6.45, 7) is 9.61. The summed E-state index contributed by atoms with van der Waals surface area (Å²) in [5.74, 6) is -0.872. The van der Waals surface area contributed by atoms with Crippen molar-refractivity contribution in [3.05, 3.63) is 47.3 Å². The first kappa shape index (κ1) is 49.0. The van der Waals surface area contributed by atoms with E-state index in [0.29, 0.717) is 25.1 Å². The fraction of sp³-hybridized carbons (Fsp3) is 0.730. The van der Waals surface area contributed by atoms with Crippen LogP contribution in [0.25, 0.3) is 11.0 Å². The van der Waals surface area contributed by atoms with Crippen LogP contribution in [0.15, 0.2) is 35.9 Å². The van der Waals surface area contributed by atoms with Crippen molar-refractivity contribution in [1.82, 2.24) is 24.1 Å². The predicted molar refractivity (Wildman–Crippen MR) is 237 cm³/mol. The molecule has 9 atom stereocenters. The van der Waals surface area contributed by atoms with Crippen LogP contribution < -0.4 is 10.3 Å². The van der Waals surface area contributed by atoms with Gasteiger partial charge in [-0.05, 0) is 58.6 Å². The van der Waals surface area contributed by atoms with Crippen molar-refractivity contribution in [2.75, 3.05) is 19.8 Å². The van der Waals surface area contributed by atoms with Gasteiger partial charge in [0.2, 0.25) is 5.88 Å². The van der Waals surface area contributed by atoms with E-state index in [-0.39, 0.29) is 53.0 Å². The maximum Gasteiger partial charge on any atom is 0.335 e. The number of aromatic nitrogens is 5. The van der Waals surface area contributed by atoms with Crippen LogP contribution >= 0.6 is 13.4 Å². The van der Waals surface area contributed by atoms with Crippen LogP contribution in [-0.4, -0.2) is 101 Å². The molecule has 342 valence electrons. The number of nitrogens with zero attached hydrogens (tertiary/aromatic N) is 5. The van der Waals surface area contributed by atoms with Gasteiger partial charge in [-0.3, -0.25) is 9.32 Å². The van der Waals surface area contributed by atoms with Crippen molar-refractivity contribution in [2.45, 2.75) is 140 Å². The Labute approximate surface area is 368 Å². The van der Waals surface area contributed by atoms with E-state index in [9.17, 15) is 14.5 Å². The third kappa shape index (κ3) is 10.5. The highest BCUT2D eigenvalue weighted by atomic mass is 32.5. The predicted octanol–water partition coefficient (Wildman–Crippen LogP) is 7.02. The number of halogens is 1. The Hall–Kier alpha value is -1.44. The van der Waals surface area contributed by atoms with E-state index in [1.54, 1.807) is 12.3 Å². The van der Waals surface area contributed by atoms with Crippen molar-refractivity contribution in [2.24, 2.45) is 13.0 Å². The minimum atomic E-state index is -4.03. The number of fused-ring (bicyclic) bond motifs is 4. The van der Waals surface area contributed by atoms with Crippen LogP contribution in [0, 0.1) is 11.7 Å². The average Bonchev–Trinajstić information content (AvgIpc) is 3.84. The molecule has 0 spiro atoms. The van der Waals surface area contributed by atoms with Crippen molar-refractivity contribution in [1.29, 1.82) is 0 Å². The van der Waals surface area contributed by atoms with Gasteiger partial charge in [0.1, 0.15) is 36.1 Å². The summed E-state index contributed by atoms with van der Waals surface area (Å²) in [4.78, 5) is 49.9. The Morgan fingerprint density at radius 3 is 2.33 bits per heavy atom. The molecule has 2 saturated heterocycles. The van der Waals surface area contributed by atoms with E-state index >= 15 is 4.39 Å². The van der Waals surface area contributed by atoms with Crippen molar-refractivity contribution >= 4 is 65.2 Å². The molecule has 24 heteroatoms. The molecule has 0 radical (unpaired) electrons. The van der Waals surface area contributed by atoms with Gasteiger partial charge in [-0.1, -0.05) is 62.3 Å². The highest BCUT2D eigenvalue weighted by Crippen LogP contribution is 2.58. The summed E-state index contributed by atoms with van der Waals surface area (Å²) in [6.07, 6.45) is 0.841. The van der Waals surface area contributed by atoms with E-state index in [1.807, 2.05) is 62.3 Å². The molecule has 1 saturated carbocycles. The molecule has 61 heavy (non-hydrogen) atoms. The molecule has 3 fully saturated rings. The molecule has 1 unspecified atom stereocenters. The molecule has 0 aromatic carbocycles. The first-order chi connectivity index (χ1) is 28.6. The SMILES string of the molecule is CCCO[P@@]1(=S)OC[C@H]2C[C@@H](Oc3ccncn3)C[C@@H]2OP(O)(=S)OC[C@H]2O[C@@H](n3cc(F)c4c(=O)n(C)cnc43)[C@H](O1)[C@@H]2O[Si](O[Si](O)(C(C)C)C(C)C)(C(C)C)C(C)C. The molecule has 3 aromatic heterocycles. The van der Waals surface area contributed by atoms with Crippen molar-refractivity contribution in [3.63, 3.8) is 0 Å². The molecule has 2 bridgehead atoms. The summed E-state index contributed by atoms with van der Waals surface area (Å²) in [5.41, 5.74) is -1.50. The largest absolute Gasteiger partial charge is 0.474 e. The maximum absolute atomic E-state index is 15.9. The zero-order chi connectivity index (χ0) is 44.7. The van der Waals surface area contributed by atoms with Gasteiger partial charge in [-0.15, -0.1) is 0 Å². The fourth-order valence-corrected chi connectivity index (χ4v) is 21.9. The third-order valence-electron chi connectivity index (χ3n) is 11.6. The quantitative estimate of drug-likeness (QED) is 0.124. The van der Waals surface area contributed by atoms with Crippen LogP contribution in [0.4, 0.5) is 4.39 Å². The molecule has 2 aliphatic heterocycles. The lowest BCUT2D eigenvalue weighted by Gasteiger charge is -2.47. The van der Waals surface area contributed by atoms with Gasteiger partial charge in [0.25, 0.3) is 5.56 Å². The minimum absolute atomic E-state index is 0.0164. The zero-order valence-electron chi connectivity index (χ0n) is 36.3. The first-order valence-corrected chi connectivity index (χ1v) is 29.9. The fourth-order valence-electron chi connectivity index (χ4n) is 8.23. The number of ether oxygens (including phenoxy) is 2. The second kappa shape index (κ2) is 19.6. The molecule has 0 amide bonds. The average molecular weight is 968 g/mol. The number of hydrogen-bond donors (Lipinski definition) is 2. The van der Waals surface area contributed by atoms with Gasteiger partial charge in [0, 0.05) is 37.8 Å². The van der Waals surface area contributed by atoms with Crippen LogP contribution in [0.2, 0.25) is 22.2 Å². The molecule has 3 aliphatic rings. The number of rotatable bonds is 14. The highest BCUT2D eigenvalue weighted by Gasteiger charge is 2.60. The second-order valence-electron chi connectivity index (χ2n) is 17.2. The smallest absolute Gasteiger partial charge is 0.335 e. The van der Waals surface area contributed by atoms with E-state index in [1.165, 1.54) is 28.8 Å². The molecular weight excluding hydrogens is 908 g/mol. The van der Waals surface area contributed by atoms with Gasteiger partial charge < -0.3 is 54.9 Å². The van der Waals surface area contributed by atoms with E-state index in [2.05, 4.69) is 15.0 Å². The van der Waals surface area contributed by atoms with Gasteiger partial charge >= 0.3 is 30.6 Å². The van der Waals surface area contributed by atoms with Crippen molar-refractivity contribution < 1.29 is 54.7 Å². The Morgan fingerprint density at radius 2 is 1.70 bits per heavy atom. The van der Waals surface area contributed by atoms with Crippen LogP contribution in [0.1, 0.15) is 87.8 Å². The van der Waals surface area contributed by atoms with Crippen LogP contribution in [0.5, 0.6) is 5.88 Å². The summed E-state index contributed by atoms with van der Waals surface area (Å²) in [7, 11) is -5.62. The highest BCUT2D eigenvalue weighted by molar-refractivity contribution is 8.07. The molecule has 5 heterocycles. The Balaban J connectivity index is 1.49. The standard InChI is InChI=1S/C37H60FN5O12P2S2Si2/c1-11-14-47-57(59)49-18-26-15-27(50-31-12-13-39-20-40-31)16-29(26)52-56(45,58)48-19-30-33(54-61(24(6)7,25(8)9)55-60(46,22(2)3)23(4)5)34(53-57)37(51-30)43-17-28(38)32-35(43)41-21-42(10)36(32)44/h12-13,17,20-27,29-30,33-34,37,46H,11,14-16,18-19H2,1-10H3,(H,45,58)/t26-,27-,29+,30-,33-,34-,37-,56?,57-/m1/s1. The maximum atomic E-state index is 15.9. The molecule has 6 rings (SSSR count). The molecule has 2 N–H and O–H groups in total. The van der Waals surface area contributed by atoms with Crippen LogP contribution in [0.3, 0.4) is 0 Å². The van der Waals surface area contributed by atoms with Gasteiger partial charge in [-0.2, -0.15) is 0 Å². The number of aryl methyl sites for hydroxylation is 1. The molecule has 17 nitrogen and oxygen atoms in total. The second-order valence-corrected chi connectivity index (χ2v) is 31.5. The summed E-state index contributed by atoms with van der Waals surface area (Å²) < 4.78 is 78.2. The van der Waals surface area contributed by atoms with E-state index in [4.69, 9.17) is 64.2 Å². The monoisotopic (exact) mass is 967 g/mol. The molecular formula is C37H60FN5O12P2S2Si2. The van der Waals surface area contributed by atoms with Gasteiger partial charge in [0.05, 0.1) is 32.3 Å². The Morgan fingerprint density at radius 1 is 1.00 bits per heavy atom. The third-order valence-corrected chi connectivity index (χ3v) is 25.3. The van der Waals surface area contributed by atoms with Gasteiger partial charge in [0.15, 0.2) is 17.7 Å². The lowest BCUT2D eigenvalue weighted by molar-refractivity contribution is -0.0520. The summed E-state index contributed by atoms with van der Waals surface area (Å²) in [6, 6.07) is 1.64. The topological polar surface area (TPSA) is 189 Å². The lowest BCUT2D eigenvalue weighted by Crippen LogP contribution is -2.62. The lowest BCUT2D eigenvalue weighted by atomic mass is 10.1. The van der Waals surface area contributed by atoms with E-state index in [0.717, 1.165) is 6.20 Å². The van der Waals surface area contributed by atoms with Crippen molar-refractivity contribution in [3.8, 4) is 5.88 Å². The first-order valence-electron chi connectivity index (χ1n) is 20.8. The Kier molecular flexibility index (Phi) is 15.7. The number of hydrogen-bond acceptors (Lipinski definition) is 16. The summed E-state index contributed by atoms with van der Waals surface area (Å²) in [5, 5.41) is -0.261. The molecule has 1 aliphatic carbocycles. The normalized spacial score (nSPS) is 30.5.